The zero-order chi connectivity index (χ0) is 61.3. The van der Waals surface area contributed by atoms with Crippen molar-refractivity contribution in [2.45, 2.75) is 153 Å². The van der Waals surface area contributed by atoms with E-state index in [1.165, 1.54) is 11.1 Å². The number of carbonyl (C=O) groups is 2. The van der Waals surface area contributed by atoms with E-state index in [0.717, 1.165) is 203 Å². The summed E-state index contributed by atoms with van der Waals surface area (Å²) in [6.07, 6.45) is 25.4. The quantitative estimate of drug-likeness (QED) is 0.0738. The Labute approximate surface area is 512 Å². The van der Waals surface area contributed by atoms with Gasteiger partial charge in [-0.15, -0.1) is 0 Å². The van der Waals surface area contributed by atoms with Gasteiger partial charge >= 0.3 is 0 Å². The molecule has 0 saturated carbocycles. The molecule has 2 fully saturated rings. The van der Waals surface area contributed by atoms with Crippen molar-refractivity contribution in [2.24, 2.45) is 53.6 Å². The molecule has 2 aliphatic carbocycles. The molecular formula is C73H82N10O4. The van der Waals surface area contributed by atoms with E-state index in [1.807, 2.05) is 26.0 Å². The van der Waals surface area contributed by atoms with Crippen LogP contribution in [0.1, 0.15) is 153 Å². The minimum atomic E-state index is -0.0123. The summed E-state index contributed by atoms with van der Waals surface area (Å²) >= 11 is 0. The Kier molecular flexibility index (Phi) is 16.0. The van der Waals surface area contributed by atoms with Crippen LogP contribution in [0.2, 0.25) is 0 Å². The second-order valence-electron chi connectivity index (χ2n) is 25.0. The second kappa shape index (κ2) is 23.6. The van der Waals surface area contributed by atoms with Crippen LogP contribution in [0.3, 0.4) is 0 Å². The number of nitrogens with zero attached hydrogens (tertiary/aromatic N) is 6. The van der Waals surface area contributed by atoms with Gasteiger partial charge in [0.2, 0.25) is 11.8 Å². The van der Waals surface area contributed by atoms with E-state index in [9.17, 15) is 19.8 Å². The highest BCUT2D eigenvalue weighted by Crippen LogP contribution is 2.49. The third-order valence-electron chi connectivity index (χ3n) is 20.0. The fourth-order valence-corrected chi connectivity index (χ4v) is 14.8. The summed E-state index contributed by atoms with van der Waals surface area (Å²) in [5.74, 6) is 0.763. The SMILES string of the molecule is C=CC1=C(C)C2=NC1=CC1=NC(=CC3=C(C)C4=C(O)CC(=C5NC(=C2)[C@@H](C)[C@@H]5CCC(=O)NCCCCCCCNC(=O)CC[C@@H]2C5=C6CC(O)=C7C6=NC(=C7C)C=C6N=C(C=C7N=C(C=C(N5)[C@H]2C)C(C)=C7C=C)C(C)=C6CC)C4=N3)C(CC)=C1C. The molecule has 2 amide bonds. The van der Waals surface area contributed by atoms with Crippen LogP contribution in [0.25, 0.3) is 0 Å². The number of aliphatic hydroxyl groups excluding tert-OH is 2. The van der Waals surface area contributed by atoms with Crippen LogP contribution in [-0.4, -0.2) is 69.4 Å². The number of rotatable bonds is 18. The summed E-state index contributed by atoms with van der Waals surface area (Å²) in [5.41, 5.74) is 28.3. The maximum absolute atomic E-state index is 13.6. The van der Waals surface area contributed by atoms with E-state index in [4.69, 9.17) is 30.0 Å². The number of unbranched alkanes of at least 4 members (excludes halogenated alkanes) is 4. The summed E-state index contributed by atoms with van der Waals surface area (Å²) < 4.78 is 0. The Morgan fingerprint density at radius 1 is 0.529 bits per heavy atom. The lowest BCUT2D eigenvalue weighted by Crippen LogP contribution is -2.26. The van der Waals surface area contributed by atoms with Crippen LogP contribution in [0.15, 0.2) is 238 Å². The number of aliphatic imine (C=N–C) groups is 6. The van der Waals surface area contributed by atoms with Gasteiger partial charge in [-0.25, -0.2) is 30.0 Å². The van der Waals surface area contributed by atoms with Crippen molar-refractivity contribution in [3.63, 3.8) is 0 Å². The number of allylic oxidation sites excluding steroid dienone is 24. The minimum Gasteiger partial charge on any atom is -0.511 e. The average molecular weight is 1160 g/mol. The first-order valence-electron chi connectivity index (χ1n) is 31.6. The highest BCUT2D eigenvalue weighted by molar-refractivity contribution is 6.23. The maximum Gasteiger partial charge on any atom is 0.220 e. The van der Waals surface area contributed by atoms with E-state index in [0.29, 0.717) is 63.1 Å². The first-order valence-corrected chi connectivity index (χ1v) is 31.6. The van der Waals surface area contributed by atoms with Crippen molar-refractivity contribution in [1.29, 1.82) is 0 Å². The lowest BCUT2D eigenvalue weighted by Gasteiger charge is -2.18. The number of fused-ring (bicyclic) bond motifs is 10. The molecule has 12 aliphatic rings. The van der Waals surface area contributed by atoms with Crippen molar-refractivity contribution >= 4 is 46.1 Å². The summed E-state index contributed by atoms with van der Waals surface area (Å²) in [7, 11) is 0. The maximum atomic E-state index is 13.6. The molecule has 4 atom stereocenters. The summed E-state index contributed by atoms with van der Waals surface area (Å²) in [6, 6.07) is 0. The normalized spacial score (nSPS) is 24.4. The molecule has 14 nitrogen and oxygen atoms in total. The molecule has 10 heterocycles. The molecule has 2 saturated heterocycles. The van der Waals surface area contributed by atoms with Crippen LogP contribution in [-0.2, 0) is 9.59 Å². The zero-order valence-electron chi connectivity index (χ0n) is 52.3. The molecule has 0 radical (unpaired) electrons. The van der Waals surface area contributed by atoms with E-state index in [2.05, 4.69) is 126 Å². The first kappa shape index (κ1) is 58.8. The van der Waals surface area contributed by atoms with Gasteiger partial charge in [-0.05, 0) is 161 Å². The topological polar surface area (TPSA) is 197 Å². The third kappa shape index (κ3) is 10.5. The van der Waals surface area contributed by atoms with Crippen LogP contribution in [0, 0.1) is 23.7 Å². The number of nitrogens with one attached hydrogen (secondary N) is 4. The average Bonchev–Trinajstić information content (AvgIpc) is 1.72. The Balaban J connectivity index is 0.646. The molecule has 10 aliphatic heterocycles. The molecule has 12 rings (SSSR count). The van der Waals surface area contributed by atoms with Gasteiger partial charge < -0.3 is 31.5 Å². The second-order valence-corrected chi connectivity index (χ2v) is 25.0. The standard InChI is InChI=1S/C73H82N10O4/c1-13-44-36(5)52-30-56-40(9)48(70(80-56)50-28-64(84)68-42(11)58(82-72(50)68)34-62-46(15-3)38(7)54(78-62)32-60(44)76-52)22-24-66(86)74-26-20-18-17-19-21-27-75-67(87)25-23-49-41(10)57-31-53-37(6)45(14-2)61(77-53)33-55-39(8)47(16-4)63(79-55)35-59-43(12)69-65(85)29-51(71(49)81-57)73(69)83-59/h13-14,30-35,40-41,48-49,80-81,84-85H,1-2,15-29H2,3-12H3,(H,74,86)(H,75,87)/t40-,41-,48-,49-/m0/s1. The summed E-state index contributed by atoms with van der Waals surface area (Å²) in [5, 5.41) is 37.1. The van der Waals surface area contributed by atoms with Gasteiger partial charge in [0, 0.05) is 119 Å². The Hall–Kier alpha value is -8.52. The fraction of sp³-hybridized carbons (Fsp3) is 0.397. The van der Waals surface area contributed by atoms with Gasteiger partial charge in [-0.2, -0.15) is 0 Å². The lowest BCUT2D eigenvalue weighted by atomic mass is 9.86. The van der Waals surface area contributed by atoms with Crippen molar-refractivity contribution in [2.75, 3.05) is 13.1 Å². The monoisotopic (exact) mass is 1160 g/mol. The third-order valence-corrected chi connectivity index (χ3v) is 20.0. The molecule has 448 valence electrons. The number of hydrogen-bond acceptors (Lipinski definition) is 12. The molecular weight excluding hydrogens is 1080 g/mol. The molecule has 14 heteroatoms. The summed E-state index contributed by atoms with van der Waals surface area (Å²) in [4.78, 5) is 58.2. The Morgan fingerprint density at radius 3 is 1.30 bits per heavy atom. The number of amides is 2. The van der Waals surface area contributed by atoms with E-state index >= 15 is 0 Å². The van der Waals surface area contributed by atoms with Crippen LogP contribution in [0.4, 0.5) is 0 Å². The molecule has 0 aromatic heterocycles. The molecule has 6 N–H and O–H groups in total. The Bertz CT molecular complexity index is 3730. The van der Waals surface area contributed by atoms with Gasteiger partial charge in [0.25, 0.3) is 0 Å². The first-order chi connectivity index (χ1) is 41.9. The fourth-order valence-electron chi connectivity index (χ4n) is 14.8. The van der Waals surface area contributed by atoms with Crippen molar-refractivity contribution in [3.05, 3.63) is 208 Å². The van der Waals surface area contributed by atoms with Crippen molar-refractivity contribution in [1.82, 2.24) is 21.3 Å². The molecule has 0 unspecified atom stereocenters. The lowest BCUT2D eigenvalue weighted by molar-refractivity contribution is -0.122. The molecule has 0 spiro atoms. The highest BCUT2D eigenvalue weighted by Gasteiger charge is 2.44. The van der Waals surface area contributed by atoms with Gasteiger partial charge in [-0.3, -0.25) is 9.59 Å². The van der Waals surface area contributed by atoms with E-state index in [-0.39, 0.29) is 35.5 Å². The zero-order valence-corrected chi connectivity index (χ0v) is 52.3. The van der Waals surface area contributed by atoms with Crippen LogP contribution < -0.4 is 21.3 Å². The van der Waals surface area contributed by atoms with E-state index < -0.39 is 0 Å². The predicted molar refractivity (Wildman–Crippen MR) is 352 cm³/mol. The van der Waals surface area contributed by atoms with Crippen molar-refractivity contribution in [3.8, 4) is 0 Å². The van der Waals surface area contributed by atoms with Crippen LogP contribution >= 0.6 is 0 Å². The minimum absolute atomic E-state index is 0.0123. The molecule has 87 heavy (non-hydrogen) atoms. The molecule has 0 aromatic carbocycles. The Morgan fingerprint density at radius 2 is 0.908 bits per heavy atom. The van der Waals surface area contributed by atoms with Crippen molar-refractivity contribution < 1.29 is 19.8 Å². The highest BCUT2D eigenvalue weighted by atomic mass is 16.3. The molecule has 0 aromatic rings. The predicted octanol–water partition coefficient (Wildman–Crippen LogP) is 14.4. The summed E-state index contributed by atoms with van der Waals surface area (Å²) in [6.45, 7) is 30.8. The number of hydrogen-bond donors (Lipinski definition) is 6. The number of carbonyl (C=O) groups excluding carboxylic acids is 2. The van der Waals surface area contributed by atoms with Gasteiger partial charge in [0.15, 0.2) is 0 Å². The largest absolute Gasteiger partial charge is 0.511 e. The van der Waals surface area contributed by atoms with Crippen LogP contribution in [0.5, 0.6) is 0 Å². The molecule has 16 bridgehead atoms. The van der Waals surface area contributed by atoms with Gasteiger partial charge in [0.05, 0.1) is 68.5 Å². The van der Waals surface area contributed by atoms with Gasteiger partial charge in [0.1, 0.15) is 11.5 Å². The van der Waals surface area contributed by atoms with E-state index in [1.54, 1.807) is 0 Å². The van der Waals surface area contributed by atoms with Gasteiger partial charge in [-0.1, -0.05) is 72.3 Å². The number of aliphatic hydroxyl groups is 2. The smallest absolute Gasteiger partial charge is 0.220 e.